The van der Waals surface area contributed by atoms with Crippen molar-refractivity contribution in [3.63, 3.8) is 0 Å². The molecule has 0 aliphatic carbocycles. The topological polar surface area (TPSA) is 41.4 Å². The number of nitrogens with one attached hydrogen (secondary N) is 2. The molecule has 0 radical (unpaired) electrons. The molecule has 92 valence electrons. The zero-order valence-electron chi connectivity index (χ0n) is 10.2. The first-order chi connectivity index (χ1) is 7.26. The van der Waals surface area contributed by atoms with Crippen molar-refractivity contribution in [2.75, 3.05) is 13.6 Å². The van der Waals surface area contributed by atoms with Gasteiger partial charge in [-0.25, -0.2) is 0 Å². The average Bonchev–Trinajstić information content (AvgIpc) is 2.65. The molecular weight excluding hydrogens is 315 g/mol. The van der Waals surface area contributed by atoms with E-state index < -0.39 is 0 Å². The number of nitrogens with zero attached hydrogens (tertiary/aromatic N) is 2. The largest absolute Gasteiger partial charge is 0.357 e. The molecule has 0 spiro atoms. The molecule has 0 saturated carbocycles. The zero-order valence-corrected chi connectivity index (χ0v) is 12.5. The highest BCUT2D eigenvalue weighted by molar-refractivity contribution is 14.0. The highest BCUT2D eigenvalue weighted by atomic mass is 127. The van der Waals surface area contributed by atoms with Crippen molar-refractivity contribution < 1.29 is 0 Å². The van der Waals surface area contributed by atoms with E-state index in [9.17, 15) is 0 Å². The van der Waals surface area contributed by atoms with Gasteiger partial charge in [0.25, 0.3) is 0 Å². The molecule has 1 heterocycles. The van der Waals surface area contributed by atoms with Crippen LogP contribution in [0.15, 0.2) is 23.5 Å². The molecule has 0 saturated heterocycles. The summed E-state index contributed by atoms with van der Waals surface area (Å²) < 4.78 is 2.04. The third-order valence-corrected chi connectivity index (χ3v) is 2.12. The number of rotatable bonds is 4. The van der Waals surface area contributed by atoms with Crippen LogP contribution in [-0.2, 0) is 13.6 Å². The molecule has 2 N–H and O–H groups in total. The molecule has 0 fully saturated rings. The molecule has 0 aliphatic rings. The van der Waals surface area contributed by atoms with E-state index in [1.807, 2.05) is 17.8 Å². The summed E-state index contributed by atoms with van der Waals surface area (Å²) in [6.45, 7) is 3.90. The Morgan fingerprint density at radius 2 is 2.19 bits per heavy atom. The van der Waals surface area contributed by atoms with Gasteiger partial charge < -0.3 is 15.2 Å². The molecule has 0 amide bonds. The molecule has 0 aliphatic heterocycles. The molecule has 1 aromatic rings. The fourth-order valence-corrected chi connectivity index (χ4v) is 1.32. The second kappa shape index (κ2) is 8.43. The minimum Gasteiger partial charge on any atom is -0.357 e. The smallest absolute Gasteiger partial charge is 0.191 e. The Morgan fingerprint density at radius 3 is 2.69 bits per heavy atom. The van der Waals surface area contributed by atoms with Gasteiger partial charge in [0, 0.05) is 39.6 Å². The van der Waals surface area contributed by atoms with Crippen molar-refractivity contribution >= 4 is 29.9 Å². The predicted molar refractivity (Wildman–Crippen MR) is 79.3 cm³/mol. The summed E-state index contributed by atoms with van der Waals surface area (Å²) >= 11 is 0. The van der Waals surface area contributed by atoms with Gasteiger partial charge in [-0.2, -0.15) is 0 Å². The van der Waals surface area contributed by atoms with Crippen LogP contribution in [0.5, 0.6) is 0 Å². The first kappa shape index (κ1) is 15.3. The van der Waals surface area contributed by atoms with Crippen LogP contribution in [0.2, 0.25) is 0 Å². The maximum atomic E-state index is 4.14. The van der Waals surface area contributed by atoms with Crippen molar-refractivity contribution in [2.24, 2.45) is 12.0 Å². The summed E-state index contributed by atoms with van der Waals surface area (Å²) in [7, 11) is 3.81. The van der Waals surface area contributed by atoms with E-state index in [1.54, 1.807) is 7.05 Å². The van der Waals surface area contributed by atoms with Crippen LogP contribution in [0, 0.1) is 0 Å². The number of guanidine groups is 1. The zero-order chi connectivity index (χ0) is 11.1. The average molecular weight is 336 g/mol. The molecule has 1 rings (SSSR count). The Kier molecular flexibility index (Phi) is 8.05. The van der Waals surface area contributed by atoms with E-state index in [0.717, 1.165) is 25.5 Å². The van der Waals surface area contributed by atoms with E-state index in [-0.39, 0.29) is 24.0 Å². The standard InChI is InChI=1S/C11H20N4.HI/c1-4-6-13-11(12-2)14-8-10-5-7-15(3)9-10;/h5,7,9H,4,6,8H2,1-3H3,(H2,12,13,14);1H. The van der Waals surface area contributed by atoms with E-state index in [2.05, 4.69) is 34.8 Å². The third-order valence-electron chi connectivity index (χ3n) is 2.12. The summed E-state index contributed by atoms with van der Waals surface area (Å²) in [5.74, 6) is 0.862. The maximum absolute atomic E-state index is 4.14. The first-order valence-electron chi connectivity index (χ1n) is 5.31. The van der Waals surface area contributed by atoms with Gasteiger partial charge in [0.1, 0.15) is 0 Å². The van der Waals surface area contributed by atoms with Crippen molar-refractivity contribution in [1.29, 1.82) is 0 Å². The molecule has 16 heavy (non-hydrogen) atoms. The van der Waals surface area contributed by atoms with E-state index in [1.165, 1.54) is 5.56 Å². The van der Waals surface area contributed by atoms with Crippen molar-refractivity contribution in [3.8, 4) is 0 Å². The molecule has 4 nitrogen and oxygen atoms in total. The minimum absolute atomic E-state index is 0. The van der Waals surface area contributed by atoms with Gasteiger partial charge in [0.05, 0.1) is 0 Å². The van der Waals surface area contributed by atoms with Gasteiger partial charge in [0.2, 0.25) is 0 Å². The number of hydrogen-bond donors (Lipinski definition) is 2. The number of hydrogen-bond acceptors (Lipinski definition) is 1. The fraction of sp³-hybridized carbons (Fsp3) is 0.545. The van der Waals surface area contributed by atoms with Crippen LogP contribution in [0.1, 0.15) is 18.9 Å². The van der Waals surface area contributed by atoms with Gasteiger partial charge in [-0.3, -0.25) is 4.99 Å². The van der Waals surface area contributed by atoms with Gasteiger partial charge >= 0.3 is 0 Å². The fourth-order valence-electron chi connectivity index (χ4n) is 1.32. The van der Waals surface area contributed by atoms with Gasteiger partial charge in [0.15, 0.2) is 5.96 Å². The van der Waals surface area contributed by atoms with Crippen molar-refractivity contribution in [2.45, 2.75) is 19.9 Å². The molecule has 0 bridgehead atoms. The summed E-state index contributed by atoms with van der Waals surface area (Å²) in [6.07, 6.45) is 5.24. The lowest BCUT2D eigenvalue weighted by molar-refractivity contribution is 0.780. The molecule has 0 atom stereocenters. The molecule has 0 unspecified atom stereocenters. The number of aliphatic imine (C=N–C) groups is 1. The van der Waals surface area contributed by atoms with Gasteiger partial charge in [-0.15, -0.1) is 24.0 Å². The van der Waals surface area contributed by atoms with Crippen LogP contribution in [0.25, 0.3) is 0 Å². The Hall–Kier alpha value is -0.720. The van der Waals surface area contributed by atoms with Gasteiger partial charge in [-0.1, -0.05) is 6.92 Å². The number of aryl methyl sites for hydroxylation is 1. The van der Waals surface area contributed by atoms with Crippen LogP contribution in [-0.4, -0.2) is 24.1 Å². The Bertz CT molecular complexity index is 320. The molecular formula is C11H21IN4. The highest BCUT2D eigenvalue weighted by Crippen LogP contribution is 1.97. The highest BCUT2D eigenvalue weighted by Gasteiger charge is 1.97. The maximum Gasteiger partial charge on any atom is 0.191 e. The first-order valence-corrected chi connectivity index (χ1v) is 5.31. The Morgan fingerprint density at radius 1 is 1.44 bits per heavy atom. The second-order valence-electron chi connectivity index (χ2n) is 3.54. The molecule has 0 aromatic carbocycles. The van der Waals surface area contributed by atoms with Crippen LogP contribution in [0.4, 0.5) is 0 Å². The third kappa shape index (κ3) is 5.39. The van der Waals surface area contributed by atoms with Crippen LogP contribution >= 0.6 is 24.0 Å². The number of halogens is 1. The summed E-state index contributed by atoms with van der Waals surface area (Å²) in [5, 5.41) is 6.49. The van der Waals surface area contributed by atoms with Crippen LogP contribution < -0.4 is 10.6 Å². The second-order valence-corrected chi connectivity index (χ2v) is 3.54. The quantitative estimate of drug-likeness (QED) is 0.499. The molecule has 1 aromatic heterocycles. The summed E-state index contributed by atoms with van der Waals surface area (Å²) in [5.41, 5.74) is 1.26. The Labute approximate surface area is 115 Å². The normalized spacial score (nSPS) is 10.8. The number of aromatic nitrogens is 1. The lowest BCUT2D eigenvalue weighted by Crippen LogP contribution is -2.37. The monoisotopic (exact) mass is 336 g/mol. The van der Waals surface area contributed by atoms with Crippen molar-refractivity contribution in [3.05, 3.63) is 24.0 Å². The summed E-state index contributed by atoms with van der Waals surface area (Å²) in [4.78, 5) is 4.14. The molecule has 5 heteroatoms. The van der Waals surface area contributed by atoms with E-state index in [0.29, 0.717) is 0 Å². The van der Waals surface area contributed by atoms with Gasteiger partial charge in [-0.05, 0) is 18.1 Å². The summed E-state index contributed by atoms with van der Waals surface area (Å²) in [6, 6.07) is 2.10. The predicted octanol–water partition coefficient (Wildman–Crippen LogP) is 1.72. The lowest BCUT2D eigenvalue weighted by atomic mass is 10.3. The van der Waals surface area contributed by atoms with Crippen LogP contribution in [0.3, 0.4) is 0 Å². The van der Waals surface area contributed by atoms with E-state index >= 15 is 0 Å². The van der Waals surface area contributed by atoms with E-state index in [4.69, 9.17) is 0 Å². The Balaban J connectivity index is 0.00000225. The minimum atomic E-state index is 0. The van der Waals surface area contributed by atoms with Crippen molar-refractivity contribution in [1.82, 2.24) is 15.2 Å². The SMILES string of the molecule is CCCNC(=NC)NCc1ccn(C)c1.I. The lowest BCUT2D eigenvalue weighted by Gasteiger charge is -2.09.